The SMILES string of the molecule is Cc1ccccc1C.Cc1ccccc1S(=O)(=O)O. The minimum Gasteiger partial charge on any atom is -0.282 e. The van der Waals surface area contributed by atoms with Crippen LogP contribution in [0.25, 0.3) is 0 Å². The van der Waals surface area contributed by atoms with Gasteiger partial charge in [0.15, 0.2) is 0 Å². The van der Waals surface area contributed by atoms with Crippen molar-refractivity contribution in [3.05, 3.63) is 65.2 Å². The summed E-state index contributed by atoms with van der Waals surface area (Å²) < 4.78 is 29.9. The van der Waals surface area contributed by atoms with E-state index >= 15 is 0 Å². The maximum Gasteiger partial charge on any atom is 0.294 e. The summed E-state index contributed by atoms with van der Waals surface area (Å²) in [4.78, 5) is -0.0278. The third kappa shape index (κ3) is 4.85. The molecule has 2 aromatic carbocycles. The Morgan fingerprint density at radius 1 is 0.737 bits per heavy atom. The maximum atomic E-state index is 10.6. The monoisotopic (exact) mass is 278 g/mol. The Balaban J connectivity index is 0.000000200. The van der Waals surface area contributed by atoms with E-state index in [1.807, 2.05) is 0 Å². The highest BCUT2D eigenvalue weighted by molar-refractivity contribution is 7.85. The molecule has 19 heavy (non-hydrogen) atoms. The molecule has 0 aliphatic rings. The summed E-state index contributed by atoms with van der Waals surface area (Å²) in [6.45, 7) is 5.87. The van der Waals surface area contributed by atoms with E-state index in [1.165, 1.54) is 17.2 Å². The van der Waals surface area contributed by atoms with Gasteiger partial charge in [0.1, 0.15) is 0 Å². The molecule has 102 valence electrons. The van der Waals surface area contributed by atoms with E-state index in [0.29, 0.717) is 5.56 Å². The van der Waals surface area contributed by atoms with Crippen molar-refractivity contribution in [1.82, 2.24) is 0 Å². The van der Waals surface area contributed by atoms with Gasteiger partial charge in [-0.2, -0.15) is 8.42 Å². The lowest BCUT2D eigenvalue weighted by Gasteiger charge is -1.99. The van der Waals surface area contributed by atoms with Crippen LogP contribution in [0.4, 0.5) is 0 Å². The van der Waals surface area contributed by atoms with Gasteiger partial charge in [0.05, 0.1) is 4.90 Å². The predicted octanol–water partition coefficient (Wildman–Crippen LogP) is 3.55. The predicted molar refractivity (Wildman–Crippen MR) is 76.9 cm³/mol. The molecule has 0 bridgehead atoms. The van der Waals surface area contributed by atoms with Crippen LogP contribution < -0.4 is 0 Å². The fourth-order valence-electron chi connectivity index (χ4n) is 1.51. The molecular weight excluding hydrogens is 260 g/mol. The Morgan fingerprint density at radius 2 is 1.11 bits per heavy atom. The van der Waals surface area contributed by atoms with Crippen LogP contribution in [-0.2, 0) is 10.1 Å². The molecule has 1 N–H and O–H groups in total. The molecule has 0 aliphatic carbocycles. The van der Waals surface area contributed by atoms with E-state index in [9.17, 15) is 8.42 Å². The van der Waals surface area contributed by atoms with Gasteiger partial charge in [-0.15, -0.1) is 0 Å². The molecule has 0 unspecified atom stereocenters. The standard InChI is InChI=1S/C8H10.C7H8O3S/c1-7-5-3-4-6-8(7)2;1-6-4-2-3-5-7(6)11(8,9)10/h3-6H,1-2H3;2-5H,1H3,(H,8,9,10). The molecule has 0 spiro atoms. The number of hydrogen-bond acceptors (Lipinski definition) is 2. The Hall–Kier alpha value is -1.65. The molecule has 3 nitrogen and oxygen atoms in total. The van der Waals surface area contributed by atoms with Crippen molar-refractivity contribution >= 4 is 10.1 Å². The number of hydrogen-bond donors (Lipinski definition) is 1. The molecule has 0 saturated heterocycles. The van der Waals surface area contributed by atoms with E-state index in [2.05, 4.69) is 38.1 Å². The van der Waals surface area contributed by atoms with Gasteiger partial charge < -0.3 is 0 Å². The first-order valence-corrected chi connectivity index (χ1v) is 7.31. The van der Waals surface area contributed by atoms with Gasteiger partial charge in [0.2, 0.25) is 0 Å². The van der Waals surface area contributed by atoms with E-state index in [1.54, 1.807) is 25.1 Å². The molecule has 4 heteroatoms. The van der Waals surface area contributed by atoms with Crippen LogP contribution in [0.3, 0.4) is 0 Å². The Morgan fingerprint density at radius 3 is 1.37 bits per heavy atom. The molecule has 0 amide bonds. The average Bonchev–Trinajstić information content (AvgIpc) is 2.33. The van der Waals surface area contributed by atoms with Crippen LogP contribution in [0, 0.1) is 20.8 Å². The highest BCUT2D eigenvalue weighted by Crippen LogP contribution is 2.12. The lowest BCUT2D eigenvalue weighted by molar-refractivity contribution is 0.482. The molecule has 2 aromatic rings. The summed E-state index contributed by atoms with van der Waals surface area (Å²) >= 11 is 0. The van der Waals surface area contributed by atoms with E-state index in [0.717, 1.165) is 0 Å². The van der Waals surface area contributed by atoms with Gasteiger partial charge in [-0.05, 0) is 43.5 Å². The summed E-state index contributed by atoms with van der Waals surface area (Å²) in [7, 11) is -4.03. The van der Waals surface area contributed by atoms with Crippen molar-refractivity contribution in [2.75, 3.05) is 0 Å². The van der Waals surface area contributed by atoms with Gasteiger partial charge in [0.25, 0.3) is 10.1 Å². The van der Waals surface area contributed by atoms with Crippen molar-refractivity contribution in [3.8, 4) is 0 Å². The Kier molecular flexibility index (Phi) is 5.27. The fraction of sp³-hybridized carbons (Fsp3) is 0.200. The molecule has 0 saturated carbocycles. The number of aryl methyl sites for hydroxylation is 3. The van der Waals surface area contributed by atoms with Crippen molar-refractivity contribution in [2.45, 2.75) is 25.7 Å². The van der Waals surface area contributed by atoms with Gasteiger partial charge in [-0.25, -0.2) is 0 Å². The molecule has 0 atom stereocenters. The van der Waals surface area contributed by atoms with Crippen LogP contribution in [0.1, 0.15) is 16.7 Å². The van der Waals surface area contributed by atoms with Gasteiger partial charge in [-0.3, -0.25) is 4.55 Å². The third-order valence-electron chi connectivity index (χ3n) is 2.80. The molecule has 0 fully saturated rings. The quantitative estimate of drug-likeness (QED) is 0.812. The highest BCUT2D eigenvalue weighted by atomic mass is 32.2. The van der Waals surface area contributed by atoms with Crippen molar-refractivity contribution in [3.63, 3.8) is 0 Å². The Labute approximate surface area is 114 Å². The first-order chi connectivity index (χ1) is 8.82. The zero-order chi connectivity index (χ0) is 14.5. The average molecular weight is 278 g/mol. The first kappa shape index (κ1) is 15.4. The summed E-state index contributed by atoms with van der Waals surface area (Å²) in [6, 6.07) is 14.6. The molecule has 2 rings (SSSR count). The number of benzene rings is 2. The second-order valence-corrected chi connectivity index (χ2v) is 5.71. The summed E-state index contributed by atoms with van der Waals surface area (Å²) in [6.07, 6.45) is 0. The zero-order valence-corrected chi connectivity index (χ0v) is 12.1. The van der Waals surface area contributed by atoms with Gasteiger partial charge in [-0.1, -0.05) is 42.5 Å². The van der Waals surface area contributed by atoms with Crippen LogP contribution in [0.5, 0.6) is 0 Å². The topological polar surface area (TPSA) is 54.4 Å². The van der Waals surface area contributed by atoms with Crippen LogP contribution >= 0.6 is 0 Å². The van der Waals surface area contributed by atoms with Crippen LogP contribution in [-0.4, -0.2) is 13.0 Å². The smallest absolute Gasteiger partial charge is 0.282 e. The third-order valence-corrected chi connectivity index (χ3v) is 3.81. The van der Waals surface area contributed by atoms with E-state index < -0.39 is 10.1 Å². The van der Waals surface area contributed by atoms with E-state index in [-0.39, 0.29) is 4.90 Å². The van der Waals surface area contributed by atoms with Gasteiger partial charge in [0, 0.05) is 0 Å². The second-order valence-electron chi connectivity index (χ2n) is 4.32. The van der Waals surface area contributed by atoms with E-state index in [4.69, 9.17) is 4.55 Å². The summed E-state index contributed by atoms with van der Waals surface area (Å²) in [5.41, 5.74) is 3.29. The van der Waals surface area contributed by atoms with Crippen molar-refractivity contribution < 1.29 is 13.0 Å². The normalized spacial score (nSPS) is 10.5. The highest BCUT2D eigenvalue weighted by Gasteiger charge is 2.10. The van der Waals surface area contributed by atoms with Crippen LogP contribution in [0.15, 0.2) is 53.4 Å². The summed E-state index contributed by atoms with van der Waals surface area (Å²) in [5, 5.41) is 0. The summed E-state index contributed by atoms with van der Waals surface area (Å²) in [5.74, 6) is 0. The second kappa shape index (κ2) is 6.50. The Bertz CT molecular complexity index is 625. The minimum atomic E-state index is -4.03. The lowest BCUT2D eigenvalue weighted by Crippen LogP contribution is -1.99. The van der Waals surface area contributed by atoms with Gasteiger partial charge >= 0.3 is 0 Å². The molecule has 0 aliphatic heterocycles. The van der Waals surface area contributed by atoms with Crippen molar-refractivity contribution in [1.29, 1.82) is 0 Å². The zero-order valence-electron chi connectivity index (χ0n) is 11.3. The molecular formula is C15H18O3S. The molecule has 0 heterocycles. The van der Waals surface area contributed by atoms with Crippen molar-refractivity contribution in [2.24, 2.45) is 0 Å². The first-order valence-electron chi connectivity index (χ1n) is 5.87. The fourth-order valence-corrected chi connectivity index (χ4v) is 2.23. The molecule has 0 aromatic heterocycles. The largest absolute Gasteiger partial charge is 0.294 e. The molecule has 0 radical (unpaired) electrons. The maximum absolute atomic E-state index is 10.6. The minimum absolute atomic E-state index is 0.0278. The number of rotatable bonds is 1. The van der Waals surface area contributed by atoms with Crippen LogP contribution in [0.2, 0.25) is 0 Å². The lowest BCUT2D eigenvalue weighted by atomic mass is 10.1.